The molecule has 0 spiro atoms. The third-order valence-electron chi connectivity index (χ3n) is 12.3. The predicted molar refractivity (Wildman–Crippen MR) is 255 cm³/mol. The summed E-state index contributed by atoms with van der Waals surface area (Å²) in [5, 5.41) is 7.03. The van der Waals surface area contributed by atoms with Crippen molar-refractivity contribution in [3.63, 3.8) is 0 Å². The van der Waals surface area contributed by atoms with E-state index in [-0.39, 0.29) is 5.41 Å². The van der Waals surface area contributed by atoms with Crippen molar-refractivity contribution in [2.24, 2.45) is 0 Å². The Morgan fingerprint density at radius 3 is 1.79 bits per heavy atom. The number of aromatic nitrogens is 2. The summed E-state index contributed by atoms with van der Waals surface area (Å²) in [4.78, 5) is 12.7. The highest BCUT2D eigenvalue weighted by atomic mass is 15.2. The lowest BCUT2D eigenvalue weighted by molar-refractivity contribution is 0.632. The van der Waals surface area contributed by atoms with Crippen LogP contribution < -0.4 is 10.2 Å². The maximum Gasteiger partial charge on any atom is 0.228 e. The van der Waals surface area contributed by atoms with Gasteiger partial charge in [-0.2, -0.15) is 0 Å². The smallest absolute Gasteiger partial charge is 0.228 e. The number of nitrogens with zero attached hydrogens (tertiary/aromatic N) is 3. The van der Waals surface area contributed by atoms with Gasteiger partial charge in [0.15, 0.2) is 0 Å². The van der Waals surface area contributed by atoms with Crippen LogP contribution in [0.25, 0.3) is 66.3 Å². The minimum Gasteiger partial charge on any atom is -0.324 e. The zero-order valence-corrected chi connectivity index (χ0v) is 34.0. The van der Waals surface area contributed by atoms with Gasteiger partial charge in [0.25, 0.3) is 0 Å². The van der Waals surface area contributed by atoms with E-state index in [1.807, 2.05) is 12.1 Å². The summed E-state index contributed by atoms with van der Waals surface area (Å²) in [6.07, 6.45) is 0. The molecule has 9 aromatic carbocycles. The van der Waals surface area contributed by atoms with Crippen LogP contribution in [0.1, 0.15) is 25.0 Å². The molecule has 0 atom stereocenters. The molecule has 1 aromatic heterocycles. The van der Waals surface area contributed by atoms with Gasteiger partial charge in [-0.3, -0.25) is 0 Å². The van der Waals surface area contributed by atoms with E-state index < -0.39 is 0 Å². The summed E-state index contributed by atoms with van der Waals surface area (Å²) in [6.45, 7) is 4.69. The van der Waals surface area contributed by atoms with Crippen molar-refractivity contribution < 1.29 is 0 Å². The Hall–Kier alpha value is -7.82. The van der Waals surface area contributed by atoms with Crippen LogP contribution >= 0.6 is 0 Å². The first-order valence-electron chi connectivity index (χ1n) is 20.9. The van der Waals surface area contributed by atoms with Crippen molar-refractivity contribution in [3.05, 3.63) is 223 Å². The molecule has 1 aliphatic heterocycles. The van der Waals surface area contributed by atoms with Crippen LogP contribution in [0, 0.1) is 0 Å². The van der Waals surface area contributed by atoms with Crippen LogP contribution in [-0.4, -0.2) is 9.97 Å². The van der Waals surface area contributed by atoms with Crippen LogP contribution in [0.3, 0.4) is 0 Å². The van der Waals surface area contributed by atoms with Crippen molar-refractivity contribution in [1.29, 1.82) is 0 Å². The zero-order valence-electron chi connectivity index (χ0n) is 34.0. The normalized spacial score (nSPS) is 12.9. The summed E-state index contributed by atoms with van der Waals surface area (Å²) < 4.78 is 0. The van der Waals surface area contributed by atoms with E-state index >= 15 is 0 Å². The third-order valence-corrected chi connectivity index (χ3v) is 12.3. The highest BCUT2D eigenvalue weighted by Gasteiger charge is 2.37. The first-order valence-corrected chi connectivity index (χ1v) is 20.9. The highest BCUT2D eigenvalue weighted by Crippen LogP contribution is 2.52. The molecule has 61 heavy (non-hydrogen) atoms. The molecule has 4 nitrogen and oxygen atoms in total. The highest BCUT2D eigenvalue weighted by molar-refractivity contribution is 6.04. The average molecular weight is 783 g/mol. The Labute approximate surface area is 356 Å². The second-order valence-corrected chi connectivity index (χ2v) is 16.3. The second kappa shape index (κ2) is 14.8. The summed E-state index contributed by atoms with van der Waals surface area (Å²) in [7, 11) is 0. The molecule has 10 aromatic rings. The van der Waals surface area contributed by atoms with Crippen molar-refractivity contribution in [1.82, 2.24) is 9.97 Å². The van der Waals surface area contributed by atoms with Gasteiger partial charge in [0.2, 0.25) is 5.95 Å². The van der Waals surface area contributed by atoms with Crippen LogP contribution in [0.15, 0.2) is 212 Å². The SMILES string of the molecule is CC1(C)c2ccccc2N(c2ccccc2)c2ccc(-c3ccc(-c4c(Nc5nc(-c6ccc(-c7ccccc7)cc6)c6ccccc6n5)ccc5ccccc45)cc3)cc21. The molecule has 0 aliphatic carbocycles. The lowest BCUT2D eigenvalue weighted by Crippen LogP contribution is -2.30. The van der Waals surface area contributed by atoms with E-state index in [0.717, 1.165) is 50.0 Å². The number of anilines is 5. The number of para-hydroxylation sites is 3. The number of hydrogen-bond acceptors (Lipinski definition) is 4. The van der Waals surface area contributed by atoms with E-state index in [2.05, 4.69) is 224 Å². The van der Waals surface area contributed by atoms with Crippen molar-refractivity contribution in [2.75, 3.05) is 10.2 Å². The first-order chi connectivity index (χ1) is 30.0. The Bertz CT molecular complexity index is 3230. The van der Waals surface area contributed by atoms with Crippen molar-refractivity contribution in [2.45, 2.75) is 19.3 Å². The fourth-order valence-electron chi connectivity index (χ4n) is 9.18. The van der Waals surface area contributed by atoms with Gasteiger partial charge >= 0.3 is 0 Å². The van der Waals surface area contributed by atoms with Gasteiger partial charge in [0, 0.05) is 33.3 Å². The van der Waals surface area contributed by atoms with Gasteiger partial charge in [-0.25, -0.2) is 9.97 Å². The Kier molecular flexibility index (Phi) is 8.79. The maximum absolute atomic E-state index is 5.20. The van der Waals surface area contributed by atoms with Gasteiger partial charge in [0.1, 0.15) is 0 Å². The van der Waals surface area contributed by atoms with Gasteiger partial charge in [-0.1, -0.05) is 184 Å². The van der Waals surface area contributed by atoms with E-state index in [0.29, 0.717) is 5.95 Å². The summed E-state index contributed by atoms with van der Waals surface area (Å²) >= 11 is 0. The fourth-order valence-corrected chi connectivity index (χ4v) is 9.18. The van der Waals surface area contributed by atoms with Gasteiger partial charge in [-0.15, -0.1) is 0 Å². The van der Waals surface area contributed by atoms with Crippen LogP contribution in [0.5, 0.6) is 0 Å². The molecule has 0 radical (unpaired) electrons. The fraction of sp³-hybridized carbons (Fsp3) is 0.0526. The van der Waals surface area contributed by atoms with E-state index in [4.69, 9.17) is 9.97 Å². The lowest BCUT2D eigenvalue weighted by atomic mass is 9.73. The number of fused-ring (bicyclic) bond motifs is 4. The molecule has 4 heteroatoms. The van der Waals surface area contributed by atoms with Crippen molar-refractivity contribution in [3.8, 4) is 44.6 Å². The van der Waals surface area contributed by atoms with Crippen LogP contribution in [-0.2, 0) is 5.41 Å². The largest absolute Gasteiger partial charge is 0.324 e. The van der Waals surface area contributed by atoms with E-state index in [1.165, 1.54) is 50.1 Å². The molecule has 290 valence electrons. The van der Waals surface area contributed by atoms with Crippen LogP contribution in [0.2, 0.25) is 0 Å². The average Bonchev–Trinajstić information content (AvgIpc) is 3.32. The quantitative estimate of drug-likeness (QED) is 0.175. The Balaban J connectivity index is 0.970. The second-order valence-electron chi connectivity index (χ2n) is 16.3. The zero-order chi connectivity index (χ0) is 40.9. The third kappa shape index (κ3) is 6.41. The van der Waals surface area contributed by atoms with E-state index in [9.17, 15) is 0 Å². The van der Waals surface area contributed by atoms with Gasteiger partial charge < -0.3 is 10.2 Å². The molecule has 0 bridgehead atoms. The number of rotatable bonds is 7. The molecule has 0 saturated heterocycles. The minimum atomic E-state index is -0.188. The number of nitrogens with one attached hydrogen (secondary N) is 1. The molecule has 1 N–H and O–H groups in total. The van der Waals surface area contributed by atoms with Gasteiger partial charge in [-0.05, 0) is 92.2 Å². The molecule has 11 rings (SSSR count). The standard InChI is InChI=1S/C57H42N4/c1-57(2)48-22-12-14-24-52(48)61(45-18-7-4-8-19-45)53-36-34-44(37-49(53)57)40-25-29-42(30-26-40)54-46-20-10-9-17-41(46)33-35-51(54)59-56-58-50-23-13-11-21-47(50)55(60-56)43-31-27-39(28-32-43)38-15-5-3-6-16-38/h3-37H,1-2H3,(H,58,59,60). The Morgan fingerprint density at radius 2 is 1.00 bits per heavy atom. The van der Waals surface area contributed by atoms with Crippen molar-refractivity contribution >= 4 is 50.4 Å². The summed E-state index contributed by atoms with van der Waals surface area (Å²) in [6, 6.07) is 75.7. The van der Waals surface area contributed by atoms with E-state index in [1.54, 1.807) is 0 Å². The summed E-state index contributed by atoms with van der Waals surface area (Å²) in [5.41, 5.74) is 16.7. The molecule has 1 aliphatic rings. The topological polar surface area (TPSA) is 41.0 Å². The van der Waals surface area contributed by atoms with Crippen LogP contribution in [0.4, 0.5) is 28.7 Å². The Morgan fingerprint density at radius 1 is 0.426 bits per heavy atom. The summed E-state index contributed by atoms with van der Waals surface area (Å²) in [5.74, 6) is 0.553. The predicted octanol–water partition coefficient (Wildman–Crippen LogP) is 15.3. The number of benzene rings is 9. The molecular formula is C57H42N4. The molecule has 0 unspecified atom stereocenters. The number of hydrogen-bond donors (Lipinski definition) is 1. The lowest BCUT2D eigenvalue weighted by Gasteiger charge is -2.42. The maximum atomic E-state index is 5.20. The monoisotopic (exact) mass is 782 g/mol. The first kappa shape index (κ1) is 36.3. The molecule has 2 heterocycles. The molecule has 0 saturated carbocycles. The molecular weight excluding hydrogens is 741 g/mol. The molecule has 0 amide bonds. The van der Waals surface area contributed by atoms with Gasteiger partial charge in [0.05, 0.1) is 22.6 Å². The minimum absolute atomic E-state index is 0.188. The molecule has 0 fully saturated rings.